The zero-order valence-electron chi connectivity index (χ0n) is 16.9. The molecule has 5 heteroatoms. The van der Waals surface area contributed by atoms with E-state index in [1.807, 2.05) is 6.92 Å². The Hall–Kier alpha value is -2.27. The van der Waals surface area contributed by atoms with Crippen molar-refractivity contribution >= 4 is 42.3 Å². The summed E-state index contributed by atoms with van der Waals surface area (Å²) in [7, 11) is 0. The zero-order chi connectivity index (χ0) is 20.8. The molecule has 30 heavy (non-hydrogen) atoms. The van der Waals surface area contributed by atoms with Crippen molar-refractivity contribution in [1.29, 1.82) is 0 Å². The van der Waals surface area contributed by atoms with Crippen LogP contribution in [0.2, 0.25) is 0 Å². The molecule has 1 aliphatic carbocycles. The number of aryl methyl sites for hydroxylation is 1. The Morgan fingerprint density at radius 3 is 2.47 bits per heavy atom. The van der Waals surface area contributed by atoms with Gasteiger partial charge in [0, 0.05) is 10.8 Å². The number of hydrogen-bond acceptors (Lipinski definition) is 2. The standard InChI is InChI=1S/C25H23F3OS/c1-2-5-15-8-9-16-12-18-17-10-11-19(29-13-14-6-3-4-7-14)22(27)24(17)30-25(18)23(28)20(16)21(15)26/h8-12,14H,2-7,13H2,1H3. The van der Waals surface area contributed by atoms with E-state index in [0.717, 1.165) is 30.6 Å². The van der Waals surface area contributed by atoms with Gasteiger partial charge < -0.3 is 4.74 Å². The molecule has 1 heterocycles. The van der Waals surface area contributed by atoms with Crippen LogP contribution in [-0.2, 0) is 6.42 Å². The quantitative estimate of drug-likeness (QED) is 0.312. The van der Waals surface area contributed by atoms with Gasteiger partial charge in [0.1, 0.15) is 5.82 Å². The van der Waals surface area contributed by atoms with E-state index in [9.17, 15) is 4.39 Å². The molecular weight excluding hydrogens is 405 g/mol. The summed E-state index contributed by atoms with van der Waals surface area (Å²) in [4.78, 5) is 0. The molecule has 0 spiro atoms. The number of fused-ring (bicyclic) bond motifs is 4. The molecule has 0 saturated heterocycles. The minimum atomic E-state index is -0.605. The SMILES string of the molecule is CCCc1ccc2cc3c(sc4c(F)c(OCC5CCCC5)ccc43)c(F)c2c1F. The predicted molar refractivity (Wildman–Crippen MR) is 118 cm³/mol. The largest absolute Gasteiger partial charge is 0.490 e. The van der Waals surface area contributed by atoms with Gasteiger partial charge in [-0.2, -0.15) is 0 Å². The maximum absolute atomic E-state index is 15.4. The fraction of sp³-hybridized carbons (Fsp3) is 0.360. The molecule has 0 bridgehead atoms. The molecule has 1 nitrogen and oxygen atoms in total. The van der Waals surface area contributed by atoms with Gasteiger partial charge in [-0.15, -0.1) is 11.3 Å². The summed E-state index contributed by atoms with van der Waals surface area (Å²) >= 11 is 1.03. The highest BCUT2D eigenvalue weighted by atomic mass is 32.1. The second kappa shape index (κ2) is 7.77. The fourth-order valence-corrected chi connectivity index (χ4v) is 5.79. The molecule has 0 aliphatic heterocycles. The second-order valence-corrected chi connectivity index (χ2v) is 9.29. The molecule has 0 radical (unpaired) electrons. The summed E-state index contributed by atoms with van der Waals surface area (Å²) in [5, 5.41) is 1.75. The molecule has 156 valence electrons. The van der Waals surface area contributed by atoms with Crippen LogP contribution >= 0.6 is 11.3 Å². The van der Waals surface area contributed by atoms with Gasteiger partial charge in [-0.3, -0.25) is 0 Å². The van der Waals surface area contributed by atoms with E-state index in [4.69, 9.17) is 4.74 Å². The van der Waals surface area contributed by atoms with Crippen LogP contribution in [0.25, 0.3) is 30.9 Å². The maximum Gasteiger partial charge on any atom is 0.182 e. The van der Waals surface area contributed by atoms with E-state index in [2.05, 4.69) is 0 Å². The van der Waals surface area contributed by atoms with Crippen molar-refractivity contribution in [2.75, 3.05) is 6.61 Å². The topological polar surface area (TPSA) is 9.23 Å². The third-order valence-corrected chi connectivity index (χ3v) is 7.45. The lowest BCUT2D eigenvalue weighted by Crippen LogP contribution is -2.08. The van der Waals surface area contributed by atoms with Crippen molar-refractivity contribution in [3.8, 4) is 5.75 Å². The first-order valence-electron chi connectivity index (χ1n) is 10.7. The van der Waals surface area contributed by atoms with Crippen LogP contribution in [0, 0.1) is 23.4 Å². The van der Waals surface area contributed by atoms with Gasteiger partial charge in [-0.05, 0) is 54.3 Å². The van der Waals surface area contributed by atoms with Crippen LogP contribution in [-0.4, -0.2) is 6.61 Å². The fourth-order valence-electron chi connectivity index (χ4n) is 4.64. The minimum Gasteiger partial charge on any atom is -0.490 e. The van der Waals surface area contributed by atoms with Crippen LogP contribution in [0.1, 0.15) is 44.6 Å². The molecule has 0 atom stereocenters. The van der Waals surface area contributed by atoms with Crippen LogP contribution in [0.5, 0.6) is 5.75 Å². The Morgan fingerprint density at radius 2 is 1.70 bits per heavy atom. The molecule has 1 aromatic heterocycles. The van der Waals surface area contributed by atoms with E-state index in [0.29, 0.717) is 45.4 Å². The molecule has 3 aromatic carbocycles. The third kappa shape index (κ3) is 3.15. The summed E-state index contributed by atoms with van der Waals surface area (Å²) in [6.07, 6.45) is 5.99. The third-order valence-electron chi connectivity index (χ3n) is 6.24. The summed E-state index contributed by atoms with van der Waals surface area (Å²) in [6.45, 7) is 2.47. The summed E-state index contributed by atoms with van der Waals surface area (Å²) < 4.78 is 52.0. The highest BCUT2D eigenvalue weighted by Gasteiger charge is 2.21. The smallest absolute Gasteiger partial charge is 0.182 e. The van der Waals surface area contributed by atoms with Gasteiger partial charge in [0.2, 0.25) is 0 Å². The number of hydrogen-bond donors (Lipinski definition) is 0. The van der Waals surface area contributed by atoms with E-state index >= 15 is 8.78 Å². The number of thiophene rings is 1. The molecule has 1 saturated carbocycles. The van der Waals surface area contributed by atoms with Gasteiger partial charge in [-0.1, -0.05) is 38.3 Å². The first kappa shape index (κ1) is 19.7. The Labute approximate surface area is 177 Å². The monoisotopic (exact) mass is 428 g/mol. The highest BCUT2D eigenvalue weighted by molar-refractivity contribution is 7.26. The van der Waals surface area contributed by atoms with Crippen molar-refractivity contribution in [3.05, 3.63) is 53.3 Å². The van der Waals surface area contributed by atoms with Crippen molar-refractivity contribution in [3.63, 3.8) is 0 Å². The molecule has 1 fully saturated rings. The van der Waals surface area contributed by atoms with Gasteiger partial charge in [-0.25, -0.2) is 13.2 Å². The highest BCUT2D eigenvalue weighted by Crippen LogP contribution is 2.43. The lowest BCUT2D eigenvalue weighted by Gasteiger charge is -2.12. The maximum atomic E-state index is 15.4. The van der Waals surface area contributed by atoms with Crippen LogP contribution in [0.4, 0.5) is 13.2 Å². The van der Waals surface area contributed by atoms with E-state index < -0.39 is 17.5 Å². The van der Waals surface area contributed by atoms with Crippen molar-refractivity contribution in [1.82, 2.24) is 0 Å². The predicted octanol–water partition coefficient (Wildman–Crippen LogP) is 8.15. The molecule has 0 unspecified atom stereocenters. The normalized spacial score (nSPS) is 15.1. The van der Waals surface area contributed by atoms with Crippen LogP contribution in [0.3, 0.4) is 0 Å². The number of rotatable bonds is 5. The Balaban J connectivity index is 1.64. The van der Waals surface area contributed by atoms with Gasteiger partial charge in [0.05, 0.1) is 21.4 Å². The van der Waals surface area contributed by atoms with Crippen molar-refractivity contribution in [2.45, 2.75) is 45.4 Å². The summed E-state index contributed by atoms with van der Waals surface area (Å²) in [6, 6.07) is 8.66. The molecular formula is C25H23F3OS. The van der Waals surface area contributed by atoms with Gasteiger partial charge >= 0.3 is 0 Å². The molecule has 4 aromatic rings. The Kier molecular flexibility index (Phi) is 5.10. The average molecular weight is 429 g/mol. The molecule has 0 N–H and O–H groups in total. The van der Waals surface area contributed by atoms with E-state index in [1.165, 1.54) is 12.8 Å². The first-order chi connectivity index (χ1) is 14.6. The number of ether oxygens (including phenoxy) is 1. The van der Waals surface area contributed by atoms with Crippen molar-refractivity contribution in [2.24, 2.45) is 5.92 Å². The van der Waals surface area contributed by atoms with Crippen LogP contribution < -0.4 is 4.74 Å². The van der Waals surface area contributed by atoms with Gasteiger partial charge in [0.25, 0.3) is 0 Å². The summed E-state index contributed by atoms with van der Waals surface area (Å²) in [5.41, 5.74) is 0.512. The average Bonchev–Trinajstić information content (AvgIpc) is 3.38. The number of halogens is 3. The van der Waals surface area contributed by atoms with E-state index in [-0.39, 0.29) is 15.8 Å². The lowest BCUT2D eigenvalue weighted by atomic mass is 10.0. The van der Waals surface area contributed by atoms with Crippen LogP contribution in [0.15, 0.2) is 30.3 Å². The lowest BCUT2D eigenvalue weighted by molar-refractivity contribution is 0.243. The second-order valence-electron chi connectivity index (χ2n) is 8.27. The molecule has 1 aliphatic rings. The molecule has 5 rings (SSSR count). The first-order valence-corrected chi connectivity index (χ1v) is 11.5. The van der Waals surface area contributed by atoms with Crippen molar-refractivity contribution < 1.29 is 17.9 Å². The van der Waals surface area contributed by atoms with Gasteiger partial charge in [0.15, 0.2) is 17.4 Å². The Bertz CT molecular complexity index is 1250. The zero-order valence-corrected chi connectivity index (χ0v) is 17.7. The number of benzene rings is 3. The molecule has 0 amide bonds. The minimum absolute atomic E-state index is 0.00174. The van der Waals surface area contributed by atoms with E-state index in [1.54, 1.807) is 30.3 Å². The summed E-state index contributed by atoms with van der Waals surface area (Å²) in [5.74, 6) is -0.880. The Morgan fingerprint density at radius 1 is 0.933 bits per heavy atom.